The number of nitro groups is 1. The van der Waals surface area contributed by atoms with Gasteiger partial charge in [0.15, 0.2) is 0 Å². The lowest BCUT2D eigenvalue weighted by molar-refractivity contribution is -0.384. The van der Waals surface area contributed by atoms with Crippen LogP contribution in [0.2, 0.25) is 0 Å². The second-order valence-corrected chi connectivity index (χ2v) is 5.44. The zero-order chi connectivity index (χ0) is 18.1. The summed E-state index contributed by atoms with van der Waals surface area (Å²) in [5.41, 5.74) is -0.185. The molecule has 3 rings (SSSR count). The molecule has 128 valence electrons. The topological polar surface area (TPSA) is 92.1 Å². The van der Waals surface area contributed by atoms with E-state index in [0.29, 0.717) is 0 Å². The highest BCUT2D eigenvalue weighted by Gasteiger charge is 2.21. The van der Waals surface area contributed by atoms with Crippen LogP contribution < -0.4 is 10.5 Å². The number of anilines is 1. The summed E-state index contributed by atoms with van der Waals surface area (Å²) >= 11 is 0. The van der Waals surface area contributed by atoms with Crippen molar-refractivity contribution in [3.8, 4) is 0 Å². The van der Waals surface area contributed by atoms with E-state index in [1.165, 1.54) is 30.4 Å². The number of aromatic nitrogens is 2. The summed E-state index contributed by atoms with van der Waals surface area (Å²) in [6, 6.07) is 5.66. The third-order valence-electron chi connectivity index (χ3n) is 3.77. The van der Waals surface area contributed by atoms with Crippen LogP contribution in [0.1, 0.15) is 5.56 Å². The molecule has 0 saturated carbocycles. The van der Waals surface area contributed by atoms with Crippen LogP contribution in [0.4, 0.5) is 20.2 Å². The van der Waals surface area contributed by atoms with Crippen molar-refractivity contribution in [3.05, 3.63) is 74.3 Å². The third-order valence-corrected chi connectivity index (χ3v) is 3.77. The first-order valence-electron chi connectivity index (χ1n) is 7.17. The number of nitrogens with zero attached hydrogens (tertiary/aromatic N) is 3. The quantitative estimate of drug-likeness (QED) is 0.579. The Kier molecular flexibility index (Phi) is 4.14. The van der Waals surface area contributed by atoms with Crippen molar-refractivity contribution in [2.75, 3.05) is 11.9 Å². The van der Waals surface area contributed by atoms with E-state index in [9.17, 15) is 23.7 Å². The molecule has 0 radical (unpaired) electrons. The molecule has 0 aliphatic rings. The number of H-pyrrole nitrogens is 1. The molecule has 1 N–H and O–H groups in total. The van der Waals surface area contributed by atoms with Crippen LogP contribution in [0, 0.1) is 21.7 Å². The van der Waals surface area contributed by atoms with Gasteiger partial charge in [-0.3, -0.25) is 14.9 Å². The molecule has 0 fully saturated rings. The van der Waals surface area contributed by atoms with E-state index >= 15 is 0 Å². The van der Waals surface area contributed by atoms with E-state index in [1.807, 2.05) is 0 Å². The average molecular weight is 346 g/mol. The molecule has 25 heavy (non-hydrogen) atoms. The summed E-state index contributed by atoms with van der Waals surface area (Å²) in [4.78, 5) is 30.3. The number of hydrogen-bond acceptors (Lipinski definition) is 5. The Morgan fingerprint density at radius 1 is 1.28 bits per heavy atom. The highest BCUT2D eigenvalue weighted by atomic mass is 19.1. The van der Waals surface area contributed by atoms with Crippen LogP contribution in [-0.4, -0.2) is 21.9 Å². The standard InChI is InChI=1S/C16H12F2N4O3/c1-21(7-9-2-3-10(17)4-12(9)18)14-6-13-11(5-15(14)22(24)25)16(23)20-8-19-13/h2-6,8H,7H2,1H3,(H,19,20,23). The van der Waals surface area contributed by atoms with Gasteiger partial charge in [0.1, 0.15) is 17.3 Å². The summed E-state index contributed by atoms with van der Waals surface area (Å²) in [6.45, 7) is -0.0261. The van der Waals surface area contributed by atoms with Crippen molar-refractivity contribution in [3.63, 3.8) is 0 Å². The Hall–Kier alpha value is -3.36. The number of nitrogens with one attached hydrogen (secondary N) is 1. The fourth-order valence-corrected chi connectivity index (χ4v) is 2.54. The van der Waals surface area contributed by atoms with Crippen molar-refractivity contribution < 1.29 is 13.7 Å². The maximum absolute atomic E-state index is 13.8. The monoisotopic (exact) mass is 346 g/mol. The summed E-state index contributed by atoms with van der Waals surface area (Å²) < 4.78 is 26.8. The van der Waals surface area contributed by atoms with Gasteiger partial charge in [0.2, 0.25) is 0 Å². The predicted molar refractivity (Wildman–Crippen MR) is 87.5 cm³/mol. The fourth-order valence-electron chi connectivity index (χ4n) is 2.54. The number of rotatable bonds is 4. The van der Waals surface area contributed by atoms with Gasteiger partial charge in [0, 0.05) is 31.3 Å². The van der Waals surface area contributed by atoms with Crippen LogP contribution in [0.3, 0.4) is 0 Å². The van der Waals surface area contributed by atoms with Crippen LogP contribution in [0.5, 0.6) is 0 Å². The zero-order valence-corrected chi connectivity index (χ0v) is 13.0. The Morgan fingerprint density at radius 3 is 2.72 bits per heavy atom. The average Bonchev–Trinajstić information content (AvgIpc) is 2.56. The zero-order valence-electron chi connectivity index (χ0n) is 13.0. The van der Waals surface area contributed by atoms with E-state index in [0.717, 1.165) is 18.2 Å². The Bertz CT molecular complexity index is 1040. The summed E-state index contributed by atoms with van der Waals surface area (Å²) in [6.07, 6.45) is 1.19. The molecule has 0 spiro atoms. The summed E-state index contributed by atoms with van der Waals surface area (Å²) in [5, 5.41) is 11.5. The first-order valence-corrected chi connectivity index (χ1v) is 7.17. The van der Waals surface area contributed by atoms with Crippen molar-refractivity contribution >= 4 is 22.3 Å². The highest BCUT2D eigenvalue weighted by molar-refractivity contribution is 5.86. The normalized spacial score (nSPS) is 10.8. The lowest BCUT2D eigenvalue weighted by Gasteiger charge is -2.20. The number of aromatic amines is 1. The summed E-state index contributed by atoms with van der Waals surface area (Å²) in [7, 11) is 1.53. The number of nitro benzene ring substituents is 1. The molecule has 0 saturated heterocycles. The van der Waals surface area contributed by atoms with Gasteiger partial charge >= 0.3 is 0 Å². The number of hydrogen-bond donors (Lipinski definition) is 1. The maximum atomic E-state index is 13.8. The Balaban J connectivity index is 2.08. The molecule has 0 aliphatic heterocycles. The number of fused-ring (bicyclic) bond motifs is 1. The number of benzene rings is 2. The molecule has 3 aromatic rings. The van der Waals surface area contributed by atoms with Gasteiger partial charge in [-0.1, -0.05) is 6.07 Å². The van der Waals surface area contributed by atoms with Crippen molar-refractivity contribution in [1.29, 1.82) is 0 Å². The molecule has 7 nitrogen and oxygen atoms in total. The molecule has 0 bridgehead atoms. The molecule has 0 unspecified atom stereocenters. The molecule has 0 amide bonds. The van der Waals surface area contributed by atoms with Crippen LogP contribution in [0.15, 0.2) is 41.5 Å². The smallest absolute Gasteiger partial charge is 0.293 e. The first kappa shape index (κ1) is 16.5. The molecular weight excluding hydrogens is 334 g/mol. The highest BCUT2D eigenvalue weighted by Crippen LogP contribution is 2.31. The van der Waals surface area contributed by atoms with Crippen LogP contribution in [-0.2, 0) is 6.54 Å². The van der Waals surface area contributed by atoms with Gasteiger partial charge in [-0.2, -0.15) is 0 Å². The predicted octanol–water partition coefficient (Wildman–Crippen LogP) is 2.75. The SMILES string of the molecule is CN(Cc1ccc(F)cc1F)c1cc2nc[nH]c(=O)c2cc1[N+](=O)[O-]. The molecule has 9 heteroatoms. The van der Waals surface area contributed by atoms with Crippen molar-refractivity contribution in [1.82, 2.24) is 9.97 Å². The van der Waals surface area contributed by atoms with Crippen molar-refractivity contribution in [2.45, 2.75) is 6.54 Å². The van der Waals surface area contributed by atoms with Crippen LogP contribution in [0.25, 0.3) is 10.9 Å². The van der Waals surface area contributed by atoms with Gasteiger partial charge in [-0.15, -0.1) is 0 Å². The lowest BCUT2D eigenvalue weighted by Crippen LogP contribution is -2.19. The largest absolute Gasteiger partial charge is 0.365 e. The minimum absolute atomic E-state index is 0.0261. The van der Waals surface area contributed by atoms with E-state index in [2.05, 4.69) is 9.97 Å². The van der Waals surface area contributed by atoms with E-state index in [-0.39, 0.29) is 34.4 Å². The Labute approximate surface area is 139 Å². The molecule has 2 aromatic carbocycles. The van der Waals surface area contributed by atoms with Gasteiger partial charge in [-0.25, -0.2) is 13.8 Å². The third kappa shape index (κ3) is 3.16. The number of halogens is 2. The second-order valence-electron chi connectivity index (χ2n) is 5.44. The van der Waals surface area contributed by atoms with E-state index in [1.54, 1.807) is 0 Å². The molecule has 0 atom stereocenters. The Morgan fingerprint density at radius 2 is 2.04 bits per heavy atom. The van der Waals surface area contributed by atoms with Gasteiger partial charge in [-0.05, 0) is 12.1 Å². The van der Waals surface area contributed by atoms with Gasteiger partial charge < -0.3 is 9.88 Å². The minimum Gasteiger partial charge on any atom is -0.365 e. The fraction of sp³-hybridized carbons (Fsp3) is 0.125. The minimum atomic E-state index is -0.745. The lowest BCUT2D eigenvalue weighted by atomic mass is 10.1. The van der Waals surface area contributed by atoms with Gasteiger partial charge in [0.05, 0.1) is 22.2 Å². The van der Waals surface area contributed by atoms with E-state index < -0.39 is 22.1 Å². The molecule has 0 aliphatic carbocycles. The molecule has 1 heterocycles. The van der Waals surface area contributed by atoms with E-state index in [4.69, 9.17) is 0 Å². The second kappa shape index (κ2) is 6.27. The maximum Gasteiger partial charge on any atom is 0.293 e. The first-order chi connectivity index (χ1) is 11.9. The summed E-state index contributed by atoms with van der Waals surface area (Å²) in [5.74, 6) is -1.45. The molecular formula is C16H12F2N4O3. The van der Waals surface area contributed by atoms with Crippen molar-refractivity contribution in [2.24, 2.45) is 0 Å². The van der Waals surface area contributed by atoms with Crippen LogP contribution >= 0.6 is 0 Å². The van der Waals surface area contributed by atoms with Gasteiger partial charge in [0.25, 0.3) is 11.2 Å². The molecule has 1 aromatic heterocycles.